The summed E-state index contributed by atoms with van der Waals surface area (Å²) >= 11 is 1.60. The number of hydrogen-bond donors (Lipinski definition) is 1. The van der Waals surface area contributed by atoms with Gasteiger partial charge in [0.15, 0.2) is 5.65 Å². The Morgan fingerprint density at radius 2 is 1.77 bits per heavy atom. The number of rotatable bonds is 3. The lowest BCUT2D eigenvalue weighted by molar-refractivity contribution is 0.630. The Morgan fingerprint density at radius 1 is 0.962 bits per heavy atom. The first kappa shape index (κ1) is 15.2. The van der Waals surface area contributed by atoms with Crippen LogP contribution in [0.4, 0.5) is 4.39 Å². The second-order valence-electron chi connectivity index (χ2n) is 5.87. The highest BCUT2D eigenvalue weighted by atomic mass is 32.2. The van der Waals surface area contributed by atoms with Crippen molar-refractivity contribution >= 4 is 34.0 Å². The van der Waals surface area contributed by atoms with Crippen molar-refractivity contribution < 1.29 is 4.39 Å². The van der Waals surface area contributed by atoms with E-state index in [2.05, 4.69) is 27.1 Å². The average molecular weight is 360 g/mol. The fraction of sp³-hybridized carbons (Fsp3) is 0. The molecule has 1 N–H and O–H groups in total. The predicted octanol–water partition coefficient (Wildman–Crippen LogP) is 5.27. The van der Waals surface area contributed by atoms with E-state index in [9.17, 15) is 4.39 Å². The molecule has 3 heterocycles. The minimum Gasteiger partial charge on any atom is -0.337 e. The summed E-state index contributed by atoms with van der Waals surface area (Å²) in [5, 5.41) is 0.959. The zero-order valence-electron chi connectivity index (χ0n) is 13.6. The van der Waals surface area contributed by atoms with Crippen LogP contribution in [0, 0.1) is 5.82 Å². The molecule has 126 valence electrons. The molecule has 0 aliphatic heterocycles. The molecule has 0 fully saturated rings. The predicted molar refractivity (Wildman–Crippen MR) is 102 cm³/mol. The van der Waals surface area contributed by atoms with Crippen LogP contribution in [0.3, 0.4) is 0 Å². The second-order valence-corrected chi connectivity index (χ2v) is 6.91. The Balaban J connectivity index is 1.63. The third-order valence-corrected chi connectivity index (χ3v) is 5.19. The fourth-order valence-electron chi connectivity index (χ4n) is 2.98. The van der Waals surface area contributed by atoms with Gasteiger partial charge in [0.2, 0.25) is 0 Å². The summed E-state index contributed by atoms with van der Waals surface area (Å²) in [6, 6.07) is 18.7. The van der Waals surface area contributed by atoms with Crippen molar-refractivity contribution in [1.82, 2.24) is 18.9 Å². The van der Waals surface area contributed by atoms with Crippen LogP contribution in [0.25, 0.3) is 33.5 Å². The molecule has 0 saturated carbocycles. The zero-order valence-corrected chi connectivity index (χ0v) is 14.4. The van der Waals surface area contributed by atoms with Crippen LogP contribution in [-0.4, -0.2) is 18.9 Å². The van der Waals surface area contributed by atoms with Gasteiger partial charge in [0, 0.05) is 16.5 Å². The van der Waals surface area contributed by atoms with Gasteiger partial charge in [-0.2, -0.15) is 0 Å². The molecule has 2 aromatic carbocycles. The van der Waals surface area contributed by atoms with Crippen LogP contribution in [-0.2, 0) is 0 Å². The molecule has 5 rings (SSSR count). The second kappa shape index (κ2) is 6.00. The number of fused-ring (bicyclic) bond motifs is 3. The van der Waals surface area contributed by atoms with Gasteiger partial charge in [-0.3, -0.25) is 3.97 Å². The van der Waals surface area contributed by atoms with E-state index in [1.807, 2.05) is 34.4 Å². The summed E-state index contributed by atoms with van der Waals surface area (Å²) in [6.07, 6.45) is 3.71. The summed E-state index contributed by atoms with van der Waals surface area (Å²) in [5.41, 5.74) is 2.88. The molecule has 3 aromatic heterocycles. The first-order valence-electron chi connectivity index (χ1n) is 8.14. The summed E-state index contributed by atoms with van der Waals surface area (Å²) in [7, 11) is 0. The van der Waals surface area contributed by atoms with Crippen LogP contribution in [0.15, 0.2) is 78.0 Å². The Morgan fingerprint density at radius 3 is 2.62 bits per heavy atom. The number of hydrogen-bond acceptors (Lipinski definition) is 3. The SMILES string of the molecule is Fc1ccccc1-c1nc2cnc3c(ccn3Sc3ccccc3)c2[nH]1. The van der Waals surface area contributed by atoms with E-state index in [0.717, 1.165) is 27.0 Å². The first-order chi connectivity index (χ1) is 12.8. The van der Waals surface area contributed by atoms with Crippen molar-refractivity contribution in [2.24, 2.45) is 0 Å². The third kappa shape index (κ3) is 2.46. The normalized spacial score (nSPS) is 11.4. The van der Waals surface area contributed by atoms with Gasteiger partial charge in [-0.25, -0.2) is 14.4 Å². The van der Waals surface area contributed by atoms with E-state index in [0.29, 0.717) is 11.4 Å². The molecule has 0 atom stereocenters. The van der Waals surface area contributed by atoms with Crippen LogP contribution >= 0.6 is 11.9 Å². The molecule has 0 spiro atoms. The molecule has 5 aromatic rings. The maximum absolute atomic E-state index is 14.1. The minimum absolute atomic E-state index is 0.298. The highest BCUT2D eigenvalue weighted by molar-refractivity contribution is 7.98. The molecular formula is C20H13FN4S. The van der Waals surface area contributed by atoms with Crippen LogP contribution in [0.5, 0.6) is 0 Å². The highest BCUT2D eigenvalue weighted by Gasteiger charge is 2.14. The van der Waals surface area contributed by atoms with E-state index in [1.54, 1.807) is 36.3 Å². The Hall–Kier alpha value is -3.12. The lowest BCUT2D eigenvalue weighted by Crippen LogP contribution is -1.87. The maximum Gasteiger partial charge on any atom is 0.152 e. The van der Waals surface area contributed by atoms with Gasteiger partial charge in [0.1, 0.15) is 17.2 Å². The van der Waals surface area contributed by atoms with E-state index in [4.69, 9.17) is 0 Å². The average Bonchev–Trinajstić information content (AvgIpc) is 3.27. The number of benzene rings is 2. The standard InChI is InChI=1S/C20H13FN4S/c21-16-9-5-4-8-14(16)19-23-17-12-22-20-15(18(17)24-19)10-11-25(20)26-13-6-2-1-3-7-13/h1-12H,(H,23,24). The van der Waals surface area contributed by atoms with Crippen molar-refractivity contribution in [2.75, 3.05) is 0 Å². The number of nitrogens with one attached hydrogen (secondary N) is 1. The molecule has 0 bridgehead atoms. The van der Waals surface area contributed by atoms with Gasteiger partial charge in [-0.15, -0.1) is 0 Å². The lowest BCUT2D eigenvalue weighted by atomic mass is 10.2. The fourth-order valence-corrected chi connectivity index (χ4v) is 3.84. The zero-order chi connectivity index (χ0) is 17.5. The number of aromatic nitrogens is 4. The molecule has 0 amide bonds. The van der Waals surface area contributed by atoms with E-state index in [1.165, 1.54) is 6.07 Å². The van der Waals surface area contributed by atoms with Crippen LogP contribution in [0.1, 0.15) is 0 Å². The molecule has 0 radical (unpaired) electrons. The quantitative estimate of drug-likeness (QED) is 0.476. The van der Waals surface area contributed by atoms with Crippen molar-refractivity contribution in [2.45, 2.75) is 4.90 Å². The number of halogens is 1. The number of nitrogens with zero attached hydrogens (tertiary/aromatic N) is 3. The number of imidazole rings is 1. The van der Waals surface area contributed by atoms with Crippen LogP contribution < -0.4 is 0 Å². The summed E-state index contributed by atoms with van der Waals surface area (Å²) in [5.74, 6) is 0.212. The molecule has 0 aliphatic rings. The third-order valence-electron chi connectivity index (χ3n) is 4.21. The Bertz CT molecular complexity index is 1230. The van der Waals surface area contributed by atoms with E-state index < -0.39 is 0 Å². The van der Waals surface area contributed by atoms with Gasteiger partial charge in [0.25, 0.3) is 0 Å². The largest absolute Gasteiger partial charge is 0.337 e. The Labute approximate surface area is 152 Å². The molecule has 4 nitrogen and oxygen atoms in total. The topological polar surface area (TPSA) is 46.5 Å². The van der Waals surface area contributed by atoms with E-state index in [-0.39, 0.29) is 5.82 Å². The molecule has 0 aliphatic carbocycles. The van der Waals surface area contributed by atoms with Gasteiger partial charge < -0.3 is 4.98 Å². The highest BCUT2D eigenvalue weighted by Crippen LogP contribution is 2.30. The number of pyridine rings is 1. The first-order valence-corrected chi connectivity index (χ1v) is 8.91. The summed E-state index contributed by atoms with van der Waals surface area (Å²) < 4.78 is 16.1. The van der Waals surface area contributed by atoms with Crippen molar-refractivity contribution in [3.8, 4) is 11.4 Å². The molecule has 6 heteroatoms. The van der Waals surface area contributed by atoms with Crippen molar-refractivity contribution in [3.63, 3.8) is 0 Å². The monoisotopic (exact) mass is 360 g/mol. The smallest absolute Gasteiger partial charge is 0.152 e. The number of H-pyrrole nitrogens is 1. The van der Waals surface area contributed by atoms with E-state index >= 15 is 0 Å². The van der Waals surface area contributed by atoms with Crippen molar-refractivity contribution in [1.29, 1.82) is 0 Å². The van der Waals surface area contributed by atoms with Gasteiger partial charge in [0.05, 0.1) is 17.3 Å². The molecular weight excluding hydrogens is 347 g/mol. The maximum atomic E-state index is 14.1. The molecule has 0 unspecified atom stereocenters. The number of aromatic amines is 1. The lowest BCUT2D eigenvalue weighted by Gasteiger charge is -2.03. The van der Waals surface area contributed by atoms with Gasteiger partial charge in [-0.05, 0) is 42.3 Å². The van der Waals surface area contributed by atoms with Gasteiger partial charge in [-0.1, -0.05) is 30.3 Å². The molecule has 0 saturated heterocycles. The van der Waals surface area contributed by atoms with Gasteiger partial charge >= 0.3 is 0 Å². The molecule has 26 heavy (non-hydrogen) atoms. The Kier molecular flexibility index (Phi) is 3.50. The summed E-state index contributed by atoms with van der Waals surface area (Å²) in [6.45, 7) is 0. The summed E-state index contributed by atoms with van der Waals surface area (Å²) in [4.78, 5) is 13.5. The minimum atomic E-state index is -0.298. The van der Waals surface area contributed by atoms with Crippen LogP contribution in [0.2, 0.25) is 0 Å². The van der Waals surface area contributed by atoms with Crippen molar-refractivity contribution in [3.05, 3.63) is 78.9 Å².